The van der Waals surface area contributed by atoms with E-state index in [1.165, 1.54) is 16.8 Å². The Morgan fingerprint density at radius 1 is 1.05 bits per heavy atom. The molecule has 9 atom stereocenters. The first-order chi connectivity index (χ1) is 20.9. The molecule has 0 aromatic heterocycles. The fraction of sp³-hybridized carbons (Fsp3) is 0.559. The minimum Gasteiger partial charge on any atom is -0.384 e. The van der Waals surface area contributed by atoms with Gasteiger partial charge in [-0.05, 0) is 62.4 Å². The summed E-state index contributed by atoms with van der Waals surface area (Å²) < 4.78 is 6.56. The third-order valence-electron chi connectivity index (χ3n) is 11.2. The van der Waals surface area contributed by atoms with Crippen molar-refractivity contribution in [1.82, 2.24) is 20.0 Å². The van der Waals surface area contributed by atoms with Gasteiger partial charge in [-0.1, -0.05) is 42.5 Å². The molecule has 5 aliphatic heterocycles. The van der Waals surface area contributed by atoms with Crippen LogP contribution in [0.2, 0.25) is 0 Å². The molecule has 9 nitrogen and oxygen atoms in total. The number of nitrogens with one attached hydrogen (secondary N) is 2. The molecule has 8 rings (SSSR count). The number of nitrogens with zero attached hydrogens (tertiary/aromatic N) is 3. The zero-order chi connectivity index (χ0) is 29.4. The lowest BCUT2D eigenvalue weighted by Crippen LogP contribution is -2.74. The standard InChI is InChI=1S/C34H41N5O4/c1-19-30(33(42)39-28(14-20-8-4-3-5-9-20)32(41)38-13-7-12-26(38)34(39)43-19)36-31(40)22-15-24-23-10-6-11-25-29(23)21(17-35-25)16-27(24)37(2)18-22/h3-6,8-11,19,21-22,24,26-28,30,34-35H,7,12-18H2,1-2H3,(H,36,40)/t19-,21?,22-,24?,26+,27-,28+,30-,34?/m1/s1. The van der Waals surface area contributed by atoms with Crippen LogP contribution in [0, 0.1) is 5.92 Å². The lowest BCUT2D eigenvalue weighted by atomic mass is 9.68. The van der Waals surface area contributed by atoms with Crippen molar-refractivity contribution in [3.8, 4) is 0 Å². The van der Waals surface area contributed by atoms with Crippen molar-refractivity contribution in [2.75, 3.05) is 32.0 Å². The molecule has 9 heteroatoms. The Morgan fingerprint density at radius 2 is 1.88 bits per heavy atom. The highest BCUT2D eigenvalue weighted by atomic mass is 16.5. The number of rotatable bonds is 4. The van der Waals surface area contributed by atoms with Crippen LogP contribution in [0.1, 0.15) is 61.1 Å². The van der Waals surface area contributed by atoms with Crippen LogP contribution in [0.3, 0.4) is 0 Å². The van der Waals surface area contributed by atoms with E-state index in [0.29, 0.717) is 31.5 Å². The number of likely N-dealkylation sites (tertiary alicyclic amines) is 1. The van der Waals surface area contributed by atoms with Gasteiger partial charge in [0.25, 0.3) is 5.91 Å². The highest BCUT2D eigenvalue weighted by Gasteiger charge is 2.56. The second-order valence-electron chi connectivity index (χ2n) is 13.6. The molecule has 0 saturated carbocycles. The molecule has 43 heavy (non-hydrogen) atoms. The van der Waals surface area contributed by atoms with Crippen LogP contribution in [-0.2, 0) is 25.5 Å². The maximum atomic E-state index is 14.3. The Bertz CT molecular complexity index is 1450. The van der Waals surface area contributed by atoms with Gasteiger partial charge in [0.2, 0.25) is 11.8 Å². The molecule has 2 N–H and O–H groups in total. The third-order valence-corrected chi connectivity index (χ3v) is 11.2. The van der Waals surface area contributed by atoms with Crippen LogP contribution < -0.4 is 10.6 Å². The van der Waals surface area contributed by atoms with E-state index in [9.17, 15) is 14.4 Å². The zero-order valence-electron chi connectivity index (χ0n) is 24.9. The molecule has 4 fully saturated rings. The molecule has 1 aliphatic carbocycles. The molecule has 4 saturated heterocycles. The zero-order valence-corrected chi connectivity index (χ0v) is 24.9. The van der Waals surface area contributed by atoms with Crippen molar-refractivity contribution in [2.45, 2.75) is 87.4 Å². The molecule has 0 bridgehead atoms. The fourth-order valence-corrected chi connectivity index (χ4v) is 9.14. The van der Waals surface area contributed by atoms with Gasteiger partial charge in [0.1, 0.15) is 12.1 Å². The molecule has 3 amide bonds. The second-order valence-corrected chi connectivity index (χ2v) is 13.6. The van der Waals surface area contributed by atoms with Gasteiger partial charge in [-0.25, -0.2) is 0 Å². The number of ether oxygens (including phenoxy) is 1. The van der Waals surface area contributed by atoms with Gasteiger partial charge in [0.15, 0.2) is 6.23 Å². The Morgan fingerprint density at radius 3 is 2.72 bits per heavy atom. The number of likely N-dealkylation sites (N-methyl/N-ethyl adjacent to an activating group) is 1. The molecule has 0 radical (unpaired) electrons. The minimum absolute atomic E-state index is 0.0142. The molecule has 0 spiro atoms. The van der Waals surface area contributed by atoms with Crippen LogP contribution in [-0.4, -0.2) is 95.6 Å². The smallest absolute Gasteiger partial charge is 0.250 e. The second kappa shape index (κ2) is 10.3. The topological polar surface area (TPSA) is 94.2 Å². The molecular weight excluding hydrogens is 542 g/mol. The first-order valence-corrected chi connectivity index (χ1v) is 16.1. The van der Waals surface area contributed by atoms with Crippen molar-refractivity contribution in [1.29, 1.82) is 0 Å². The average molecular weight is 584 g/mol. The summed E-state index contributed by atoms with van der Waals surface area (Å²) in [5, 5.41) is 6.72. The van der Waals surface area contributed by atoms with Crippen LogP contribution in [0.4, 0.5) is 5.69 Å². The van der Waals surface area contributed by atoms with Gasteiger partial charge in [0, 0.05) is 49.6 Å². The summed E-state index contributed by atoms with van der Waals surface area (Å²) in [6.07, 6.45) is 3.04. The minimum atomic E-state index is -0.827. The summed E-state index contributed by atoms with van der Waals surface area (Å²) in [5.74, 6) is 0.254. The summed E-state index contributed by atoms with van der Waals surface area (Å²) in [6, 6.07) is 15.2. The van der Waals surface area contributed by atoms with Crippen LogP contribution in [0.15, 0.2) is 48.5 Å². The number of benzene rings is 2. The normalized spacial score (nSPS) is 36.4. The number of anilines is 1. The predicted octanol–water partition coefficient (Wildman–Crippen LogP) is 2.68. The molecule has 2 aromatic carbocycles. The van der Waals surface area contributed by atoms with E-state index in [1.807, 2.05) is 42.2 Å². The van der Waals surface area contributed by atoms with Crippen molar-refractivity contribution < 1.29 is 19.1 Å². The van der Waals surface area contributed by atoms with Gasteiger partial charge in [-0.3, -0.25) is 14.4 Å². The van der Waals surface area contributed by atoms with Crippen molar-refractivity contribution in [3.05, 3.63) is 65.2 Å². The summed E-state index contributed by atoms with van der Waals surface area (Å²) in [5.41, 5.74) is 5.05. The van der Waals surface area contributed by atoms with E-state index >= 15 is 0 Å². The number of piperidine rings is 1. The molecule has 2 aromatic rings. The Kier molecular flexibility index (Phi) is 6.53. The summed E-state index contributed by atoms with van der Waals surface area (Å²) >= 11 is 0. The van der Waals surface area contributed by atoms with E-state index in [1.54, 1.807) is 4.90 Å². The molecule has 226 valence electrons. The number of carbonyl (C=O) groups excluding carboxylic acids is 3. The van der Waals surface area contributed by atoms with Gasteiger partial charge >= 0.3 is 0 Å². The third kappa shape index (κ3) is 4.30. The monoisotopic (exact) mass is 583 g/mol. The number of amides is 3. The van der Waals surface area contributed by atoms with Gasteiger partial charge in [-0.2, -0.15) is 0 Å². The predicted molar refractivity (Wildman–Crippen MR) is 161 cm³/mol. The SMILES string of the molecule is C[C@H]1OC2[C@@H]3CCCN3C(=O)[C@H](Cc3ccccc3)N2C(=O)[C@@H]1NC(=O)[C@@H]1CC2c3cccc4c3C(CN4)C[C@H]2N(C)C1. The van der Waals surface area contributed by atoms with E-state index in [2.05, 4.69) is 40.8 Å². The van der Waals surface area contributed by atoms with Gasteiger partial charge in [0.05, 0.1) is 18.1 Å². The van der Waals surface area contributed by atoms with Crippen LogP contribution in [0.5, 0.6) is 0 Å². The molecule has 3 unspecified atom stereocenters. The lowest BCUT2D eigenvalue weighted by molar-refractivity contribution is -0.214. The Balaban J connectivity index is 1.04. The van der Waals surface area contributed by atoms with Crippen molar-refractivity contribution in [3.63, 3.8) is 0 Å². The van der Waals surface area contributed by atoms with Gasteiger partial charge in [-0.15, -0.1) is 0 Å². The summed E-state index contributed by atoms with van der Waals surface area (Å²) in [6.45, 7) is 4.23. The number of hydrogen-bond donors (Lipinski definition) is 2. The quantitative estimate of drug-likeness (QED) is 0.575. The fourth-order valence-electron chi connectivity index (χ4n) is 9.14. The number of piperazine rings is 1. The summed E-state index contributed by atoms with van der Waals surface area (Å²) in [7, 11) is 2.14. The van der Waals surface area contributed by atoms with Crippen molar-refractivity contribution >= 4 is 23.4 Å². The largest absolute Gasteiger partial charge is 0.384 e. The Labute approximate surface area is 252 Å². The van der Waals surface area contributed by atoms with Gasteiger partial charge < -0.3 is 30.1 Å². The van der Waals surface area contributed by atoms with Crippen molar-refractivity contribution in [2.24, 2.45) is 5.92 Å². The molecular formula is C34H41N5O4. The van der Waals surface area contributed by atoms with Crippen LogP contribution >= 0.6 is 0 Å². The maximum Gasteiger partial charge on any atom is 0.250 e. The van der Waals surface area contributed by atoms with E-state index < -0.39 is 24.4 Å². The average Bonchev–Trinajstić information content (AvgIpc) is 3.67. The van der Waals surface area contributed by atoms with Crippen LogP contribution in [0.25, 0.3) is 0 Å². The first kappa shape index (κ1) is 27.1. The number of fused-ring (bicyclic) bond motifs is 5. The van der Waals surface area contributed by atoms with E-state index in [4.69, 9.17) is 4.74 Å². The molecule has 6 aliphatic rings. The highest BCUT2D eigenvalue weighted by Crippen LogP contribution is 2.50. The first-order valence-electron chi connectivity index (χ1n) is 16.1. The summed E-state index contributed by atoms with van der Waals surface area (Å²) in [4.78, 5) is 48.0. The van der Waals surface area contributed by atoms with E-state index in [-0.39, 0.29) is 35.6 Å². The molecule has 5 heterocycles. The highest BCUT2D eigenvalue weighted by molar-refractivity contribution is 5.95. The maximum absolute atomic E-state index is 14.3. The number of carbonyl (C=O) groups is 3. The van der Waals surface area contributed by atoms with E-state index in [0.717, 1.165) is 37.8 Å². The lowest BCUT2D eigenvalue weighted by Gasteiger charge is -2.53. The number of hydrogen-bond acceptors (Lipinski definition) is 6. The Hall–Kier alpha value is -3.43.